The standard InChI is InChI=1S/C12H8F4N2/c13-7-4-3-6(9(15)10(7)16)11(17)12-8(14)2-1-5-18-12/h1-5,11H,17H2. The molecule has 0 fully saturated rings. The molecule has 0 bridgehead atoms. The average Bonchev–Trinajstić information content (AvgIpc) is 2.36. The normalized spacial score (nSPS) is 12.5. The smallest absolute Gasteiger partial charge is 0.194 e. The van der Waals surface area contributed by atoms with E-state index in [-0.39, 0.29) is 11.3 Å². The van der Waals surface area contributed by atoms with Gasteiger partial charge in [-0.05, 0) is 18.2 Å². The van der Waals surface area contributed by atoms with E-state index in [1.54, 1.807) is 0 Å². The summed E-state index contributed by atoms with van der Waals surface area (Å²) in [6.07, 6.45) is 1.27. The number of hydrogen-bond donors (Lipinski definition) is 1. The average molecular weight is 256 g/mol. The number of halogens is 4. The van der Waals surface area contributed by atoms with Crippen molar-refractivity contribution >= 4 is 0 Å². The van der Waals surface area contributed by atoms with E-state index < -0.39 is 29.3 Å². The number of nitrogens with zero attached hydrogens (tertiary/aromatic N) is 1. The van der Waals surface area contributed by atoms with Crippen LogP contribution in [-0.4, -0.2) is 4.98 Å². The van der Waals surface area contributed by atoms with E-state index in [0.29, 0.717) is 0 Å². The molecule has 0 aliphatic rings. The molecule has 0 saturated heterocycles. The Kier molecular flexibility index (Phi) is 3.29. The van der Waals surface area contributed by atoms with Gasteiger partial charge in [-0.25, -0.2) is 17.6 Å². The number of aromatic nitrogens is 1. The van der Waals surface area contributed by atoms with Crippen molar-refractivity contribution in [3.63, 3.8) is 0 Å². The summed E-state index contributed by atoms with van der Waals surface area (Å²) in [5, 5.41) is 0. The van der Waals surface area contributed by atoms with Crippen molar-refractivity contribution in [2.75, 3.05) is 0 Å². The fourth-order valence-corrected chi connectivity index (χ4v) is 1.56. The molecule has 18 heavy (non-hydrogen) atoms. The zero-order chi connectivity index (χ0) is 13.3. The van der Waals surface area contributed by atoms with Gasteiger partial charge in [-0.15, -0.1) is 0 Å². The number of hydrogen-bond acceptors (Lipinski definition) is 2. The first-order valence-corrected chi connectivity index (χ1v) is 5.01. The predicted octanol–water partition coefficient (Wildman–Crippen LogP) is 2.69. The summed E-state index contributed by atoms with van der Waals surface area (Å²) in [6.45, 7) is 0. The van der Waals surface area contributed by atoms with Crippen molar-refractivity contribution in [3.05, 3.63) is 65.0 Å². The molecule has 2 aromatic rings. The Bertz CT molecular complexity index is 586. The Morgan fingerprint density at radius 2 is 1.67 bits per heavy atom. The fraction of sp³-hybridized carbons (Fsp3) is 0.0833. The summed E-state index contributed by atoms with van der Waals surface area (Å²) in [6, 6.07) is 2.83. The molecule has 0 aliphatic heterocycles. The molecule has 0 spiro atoms. The van der Waals surface area contributed by atoms with Crippen LogP contribution in [0.25, 0.3) is 0 Å². The molecule has 1 aromatic carbocycles. The summed E-state index contributed by atoms with van der Waals surface area (Å²) in [4.78, 5) is 3.66. The maximum Gasteiger partial charge on any atom is 0.194 e. The predicted molar refractivity (Wildman–Crippen MR) is 56.5 cm³/mol. The Balaban J connectivity index is 2.50. The van der Waals surface area contributed by atoms with Crippen LogP contribution < -0.4 is 5.73 Å². The molecule has 2 N–H and O–H groups in total. The summed E-state index contributed by atoms with van der Waals surface area (Å²) in [5.41, 5.74) is 5.02. The van der Waals surface area contributed by atoms with Crippen LogP contribution in [-0.2, 0) is 0 Å². The van der Waals surface area contributed by atoms with Gasteiger partial charge in [0.1, 0.15) is 5.82 Å². The third kappa shape index (κ3) is 2.06. The monoisotopic (exact) mass is 256 g/mol. The van der Waals surface area contributed by atoms with Gasteiger partial charge in [0.25, 0.3) is 0 Å². The van der Waals surface area contributed by atoms with E-state index in [1.165, 1.54) is 12.3 Å². The van der Waals surface area contributed by atoms with E-state index in [4.69, 9.17) is 5.73 Å². The molecule has 0 saturated carbocycles. The lowest BCUT2D eigenvalue weighted by Gasteiger charge is -2.13. The van der Waals surface area contributed by atoms with Crippen molar-refractivity contribution < 1.29 is 17.6 Å². The number of nitrogens with two attached hydrogens (primary N) is 1. The van der Waals surface area contributed by atoms with E-state index in [1.807, 2.05) is 0 Å². The summed E-state index contributed by atoms with van der Waals surface area (Å²) < 4.78 is 52.7. The zero-order valence-corrected chi connectivity index (χ0v) is 9.00. The van der Waals surface area contributed by atoms with E-state index in [0.717, 1.165) is 18.2 Å². The molecule has 0 aliphatic carbocycles. The molecule has 0 radical (unpaired) electrons. The molecule has 1 unspecified atom stereocenters. The quantitative estimate of drug-likeness (QED) is 0.662. The molecule has 1 heterocycles. The minimum Gasteiger partial charge on any atom is -0.319 e. The van der Waals surface area contributed by atoms with Gasteiger partial charge >= 0.3 is 0 Å². The minimum absolute atomic E-state index is 0.234. The summed E-state index contributed by atoms with van der Waals surface area (Å²) in [5.74, 6) is -5.15. The highest BCUT2D eigenvalue weighted by Gasteiger charge is 2.22. The number of rotatable bonds is 2. The first-order valence-electron chi connectivity index (χ1n) is 5.01. The van der Waals surface area contributed by atoms with Crippen molar-refractivity contribution in [1.29, 1.82) is 0 Å². The van der Waals surface area contributed by atoms with Gasteiger partial charge in [-0.3, -0.25) is 4.98 Å². The highest BCUT2D eigenvalue weighted by Crippen LogP contribution is 2.25. The van der Waals surface area contributed by atoms with Crippen LogP contribution in [0, 0.1) is 23.3 Å². The molecule has 2 nitrogen and oxygen atoms in total. The second-order valence-corrected chi connectivity index (χ2v) is 3.61. The highest BCUT2D eigenvalue weighted by molar-refractivity contribution is 5.30. The molecular weight excluding hydrogens is 248 g/mol. The van der Waals surface area contributed by atoms with Crippen LogP contribution in [0.3, 0.4) is 0 Å². The molecule has 6 heteroatoms. The van der Waals surface area contributed by atoms with Gasteiger partial charge in [-0.1, -0.05) is 6.07 Å². The SMILES string of the molecule is NC(c1ccc(F)c(F)c1F)c1ncccc1F. The molecule has 0 amide bonds. The van der Waals surface area contributed by atoms with Crippen LogP contribution >= 0.6 is 0 Å². The van der Waals surface area contributed by atoms with E-state index in [2.05, 4.69) is 4.98 Å². The van der Waals surface area contributed by atoms with E-state index in [9.17, 15) is 17.6 Å². The van der Waals surface area contributed by atoms with Crippen molar-refractivity contribution in [2.45, 2.75) is 6.04 Å². The topological polar surface area (TPSA) is 38.9 Å². The number of pyridine rings is 1. The highest BCUT2D eigenvalue weighted by atomic mass is 19.2. The van der Waals surface area contributed by atoms with Crippen molar-refractivity contribution in [1.82, 2.24) is 4.98 Å². The van der Waals surface area contributed by atoms with Crippen LogP contribution in [0.4, 0.5) is 17.6 Å². The van der Waals surface area contributed by atoms with Crippen LogP contribution in [0.1, 0.15) is 17.3 Å². The van der Waals surface area contributed by atoms with Crippen LogP contribution in [0.5, 0.6) is 0 Å². The van der Waals surface area contributed by atoms with Crippen LogP contribution in [0.2, 0.25) is 0 Å². The van der Waals surface area contributed by atoms with Gasteiger partial charge in [0.15, 0.2) is 17.5 Å². The van der Waals surface area contributed by atoms with Gasteiger partial charge < -0.3 is 5.73 Å². The third-order valence-electron chi connectivity index (χ3n) is 2.48. The lowest BCUT2D eigenvalue weighted by Crippen LogP contribution is -2.17. The number of benzene rings is 1. The van der Waals surface area contributed by atoms with Gasteiger partial charge in [0, 0.05) is 11.8 Å². The summed E-state index contributed by atoms with van der Waals surface area (Å²) in [7, 11) is 0. The lowest BCUT2D eigenvalue weighted by molar-refractivity contribution is 0.437. The second kappa shape index (κ2) is 4.73. The van der Waals surface area contributed by atoms with Crippen molar-refractivity contribution in [2.24, 2.45) is 5.73 Å². The molecular formula is C12H8F4N2. The van der Waals surface area contributed by atoms with Crippen LogP contribution in [0.15, 0.2) is 30.5 Å². The first-order chi connectivity index (χ1) is 8.52. The Morgan fingerprint density at radius 1 is 0.944 bits per heavy atom. The molecule has 2 rings (SSSR count). The van der Waals surface area contributed by atoms with Gasteiger partial charge in [0.05, 0.1) is 11.7 Å². The van der Waals surface area contributed by atoms with Crippen molar-refractivity contribution in [3.8, 4) is 0 Å². The Morgan fingerprint density at radius 3 is 2.33 bits per heavy atom. The van der Waals surface area contributed by atoms with Gasteiger partial charge in [0.2, 0.25) is 0 Å². The van der Waals surface area contributed by atoms with E-state index >= 15 is 0 Å². The Hall–Kier alpha value is -1.95. The Labute approximate surface area is 100 Å². The fourth-order valence-electron chi connectivity index (χ4n) is 1.56. The second-order valence-electron chi connectivity index (χ2n) is 3.61. The minimum atomic E-state index is -1.64. The summed E-state index contributed by atoms with van der Waals surface area (Å²) >= 11 is 0. The molecule has 1 aromatic heterocycles. The first kappa shape index (κ1) is 12.5. The molecule has 1 atom stereocenters. The maximum atomic E-state index is 13.5. The zero-order valence-electron chi connectivity index (χ0n) is 9.00. The lowest BCUT2D eigenvalue weighted by atomic mass is 10.0. The third-order valence-corrected chi connectivity index (χ3v) is 2.48. The largest absolute Gasteiger partial charge is 0.319 e. The molecule has 94 valence electrons. The maximum absolute atomic E-state index is 13.5. The van der Waals surface area contributed by atoms with Gasteiger partial charge in [-0.2, -0.15) is 0 Å².